The lowest BCUT2D eigenvalue weighted by Crippen LogP contribution is -2.44. The molecule has 4 aromatic carbocycles. The highest BCUT2D eigenvalue weighted by molar-refractivity contribution is 5.99. The molecule has 0 spiro atoms. The highest BCUT2D eigenvalue weighted by atomic mass is 16.3. The zero-order valence-corrected chi connectivity index (χ0v) is 45.8. The lowest BCUT2D eigenvalue weighted by Gasteiger charge is -2.20. The number of aliphatic hydroxyl groups excluding tert-OH is 6. The number of amides is 4. The number of aromatic nitrogens is 12. The van der Waals surface area contributed by atoms with Crippen LogP contribution in [0.25, 0.3) is 34.2 Å². The number of carbonyl (C=O) groups is 3. The second-order valence-electron chi connectivity index (χ2n) is 21.1. The maximum absolute atomic E-state index is 13.8. The molecule has 2 fully saturated rings. The van der Waals surface area contributed by atoms with Crippen molar-refractivity contribution >= 4 is 63.2 Å². The zero-order valence-electron chi connectivity index (χ0n) is 45.8. The summed E-state index contributed by atoms with van der Waals surface area (Å²) in [6.45, 7) is -0.848. The lowest BCUT2D eigenvalue weighted by molar-refractivity contribution is -0.126. The monoisotopic (exact) mass is 1160 g/mol. The largest absolute Gasteiger partial charge is 0.388 e. The Morgan fingerprint density at radius 2 is 0.860 bits per heavy atom. The van der Waals surface area contributed by atoms with E-state index in [0.29, 0.717) is 35.8 Å². The Balaban J connectivity index is 0.816. The van der Waals surface area contributed by atoms with Crippen LogP contribution in [-0.2, 0) is 9.59 Å². The Kier molecular flexibility index (Phi) is 16.2. The van der Waals surface area contributed by atoms with Gasteiger partial charge in [-0.2, -0.15) is 30.1 Å². The van der Waals surface area contributed by atoms with Crippen LogP contribution in [0.15, 0.2) is 159 Å². The van der Waals surface area contributed by atoms with Gasteiger partial charge >= 0.3 is 6.03 Å². The van der Waals surface area contributed by atoms with Crippen LogP contribution in [0, 0.1) is 0 Å². The topological polar surface area (TPSA) is 368 Å². The van der Waals surface area contributed by atoms with Crippen molar-refractivity contribution in [2.45, 2.75) is 73.3 Å². The molecule has 0 bridgehead atoms. The number of rotatable bonds is 20. The number of nitrogens with one attached hydrogen (secondary N) is 6. The zero-order chi connectivity index (χ0) is 59.4. The van der Waals surface area contributed by atoms with Crippen LogP contribution in [0.1, 0.15) is 59.0 Å². The molecule has 8 unspecified atom stereocenters. The first kappa shape index (κ1) is 56.5. The summed E-state index contributed by atoms with van der Waals surface area (Å²) >= 11 is 0. The van der Waals surface area contributed by atoms with Crippen molar-refractivity contribution in [1.82, 2.24) is 69.2 Å². The summed E-state index contributed by atoms with van der Waals surface area (Å²) < 4.78 is 5.93. The SMILES string of the molecule is O=C(CO)NC1CC(n2cnc3c(NCC(c4ccccc4)c4ccccc4)nc(-n4cc(NC(=O)Nc5cnn(-c6nc(NCC(c7ccccc7)c7ccccc7)c7ncn(C8CC(NC(=O)CO)C(O)C8O)c7n6)c5)cn4)nc32)C(O)C1O. The van der Waals surface area contributed by atoms with Crippen LogP contribution >= 0.6 is 0 Å². The van der Waals surface area contributed by atoms with Gasteiger partial charge in [0, 0.05) is 24.9 Å². The number of urea groups is 1. The van der Waals surface area contributed by atoms with Crippen LogP contribution in [0.3, 0.4) is 0 Å². The number of carbonyl (C=O) groups excluding carboxylic acids is 3. The molecule has 6 heterocycles. The molecule has 6 aromatic heterocycles. The minimum absolute atomic E-state index is 0.0559. The van der Waals surface area contributed by atoms with Gasteiger partial charge in [-0.1, -0.05) is 121 Å². The Morgan fingerprint density at radius 1 is 0.500 bits per heavy atom. The third-order valence-electron chi connectivity index (χ3n) is 15.7. The van der Waals surface area contributed by atoms with Crippen molar-refractivity contribution in [2.75, 3.05) is 47.6 Å². The molecule has 0 radical (unpaired) electrons. The van der Waals surface area contributed by atoms with Crippen molar-refractivity contribution in [3.63, 3.8) is 0 Å². The highest BCUT2D eigenvalue weighted by Gasteiger charge is 2.45. The van der Waals surface area contributed by atoms with E-state index in [1.165, 1.54) is 46.8 Å². The van der Waals surface area contributed by atoms with Crippen LogP contribution in [0.4, 0.5) is 27.8 Å². The molecule has 12 rings (SSSR count). The molecule has 0 saturated heterocycles. The van der Waals surface area contributed by atoms with Gasteiger partial charge in [0.05, 0.1) is 73.0 Å². The predicted molar refractivity (Wildman–Crippen MR) is 313 cm³/mol. The van der Waals surface area contributed by atoms with Crippen molar-refractivity contribution in [3.05, 3.63) is 181 Å². The van der Waals surface area contributed by atoms with Gasteiger partial charge in [0.15, 0.2) is 34.0 Å². The number of imidazole rings is 2. The number of anilines is 4. The molecule has 27 nitrogen and oxygen atoms in total. The number of benzene rings is 4. The van der Waals surface area contributed by atoms with E-state index in [1.54, 1.807) is 9.13 Å². The molecule has 86 heavy (non-hydrogen) atoms. The van der Waals surface area contributed by atoms with Crippen LogP contribution in [0.5, 0.6) is 0 Å². The van der Waals surface area contributed by atoms with E-state index >= 15 is 0 Å². The summed E-state index contributed by atoms with van der Waals surface area (Å²) in [5, 5.41) is 90.2. The molecule has 2 saturated carbocycles. The van der Waals surface area contributed by atoms with Gasteiger partial charge in [-0.3, -0.25) is 9.59 Å². The second kappa shape index (κ2) is 24.7. The summed E-state index contributed by atoms with van der Waals surface area (Å²) in [6.07, 6.45) is 3.51. The van der Waals surface area contributed by atoms with E-state index < -0.39 is 79.6 Å². The van der Waals surface area contributed by atoms with Gasteiger partial charge < -0.3 is 71.7 Å². The number of nitrogens with zero attached hydrogens (tertiary/aromatic N) is 12. The summed E-state index contributed by atoms with van der Waals surface area (Å²) in [4.78, 5) is 66.9. The van der Waals surface area contributed by atoms with E-state index in [1.807, 2.05) is 121 Å². The summed E-state index contributed by atoms with van der Waals surface area (Å²) in [5.74, 6) is -0.900. The van der Waals surface area contributed by atoms with Crippen LogP contribution in [-0.4, -0.2) is 170 Å². The number of fused-ring (bicyclic) bond motifs is 2. The van der Waals surface area contributed by atoms with Gasteiger partial charge in [0.25, 0.3) is 11.9 Å². The third-order valence-corrected chi connectivity index (χ3v) is 15.7. The van der Waals surface area contributed by atoms with E-state index in [-0.39, 0.29) is 59.2 Å². The lowest BCUT2D eigenvalue weighted by atomic mass is 9.91. The molecule has 12 N–H and O–H groups in total. The number of aliphatic hydroxyl groups is 6. The van der Waals surface area contributed by atoms with E-state index in [4.69, 9.17) is 19.9 Å². The fraction of sp³-hybridized carbons (Fsp3) is 0.271. The van der Waals surface area contributed by atoms with Gasteiger partial charge in [-0.05, 0) is 35.1 Å². The first-order chi connectivity index (χ1) is 41.9. The first-order valence-corrected chi connectivity index (χ1v) is 27.8. The standard InChI is InChI=1S/C59H60N18O9/c78-29-45(80)68-41-21-43(51(84)49(41)82)74-31-62-47-53(60-25-39(33-13-5-1-6-14-33)34-15-7-2-8-16-34)70-57(72-55(47)74)76-27-37(23-64-76)66-59(86)67-38-24-65-77(28-38)58-71-54(61-26-40(35-17-9-3-10-18-35)36-19-11-4-12-20-36)48-56(73-58)75(32-63-48)44-22-42(50(83)52(44)85)69-46(81)30-79/h1-20,23-24,27-28,31-32,39-44,49-52,78-79,82-85H,21-22,25-26,29-30H2,(H,68,80)(H,69,81)(H,60,70,72)(H,61,71,73)(H2,66,67,86). The Labute approximate surface area is 489 Å². The van der Waals surface area contributed by atoms with Gasteiger partial charge in [-0.25, -0.2) is 24.1 Å². The fourth-order valence-corrected chi connectivity index (χ4v) is 11.4. The van der Waals surface area contributed by atoms with E-state index in [0.717, 1.165) is 22.3 Å². The molecule has 4 amide bonds. The van der Waals surface area contributed by atoms with Crippen LogP contribution in [0.2, 0.25) is 0 Å². The number of hydrogen-bond donors (Lipinski definition) is 12. The minimum Gasteiger partial charge on any atom is -0.388 e. The second-order valence-corrected chi connectivity index (χ2v) is 21.1. The van der Waals surface area contributed by atoms with Crippen molar-refractivity contribution < 1.29 is 45.0 Å². The normalized spacial score (nSPS) is 20.2. The molecular weight excluding hydrogens is 1100 g/mol. The van der Waals surface area contributed by atoms with E-state index in [2.05, 4.69) is 52.1 Å². The minimum atomic E-state index is -1.36. The van der Waals surface area contributed by atoms with Crippen molar-refractivity contribution in [2.24, 2.45) is 0 Å². The fourth-order valence-electron chi connectivity index (χ4n) is 11.4. The summed E-state index contributed by atoms with van der Waals surface area (Å²) in [5.41, 5.74) is 5.91. The van der Waals surface area contributed by atoms with Gasteiger partial charge in [-0.15, -0.1) is 0 Å². The first-order valence-electron chi connectivity index (χ1n) is 27.8. The predicted octanol–water partition coefficient (Wildman–Crippen LogP) is 2.76. The Hall–Kier alpha value is -10.0. The van der Waals surface area contributed by atoms with Gasteiger partial charge in [0.1, 0.15) is 37.6 Å². The molecule has 10 aromatic rings. The summed E-state index contributed by atoms with van der Waals surface area (Å²) in [7, 11) is 0. The van der Waals surface area contributed by atoms with Crippen LogP contribution < -0.4 is 31.9 Å². The average Bonchev–Trinajstić information content (AvgIpc) is 3.77. The quantitative estimate of drug-likeness (QED) is 0.0522. The van der Waals surface area contributed by atoms with Crippen molar-refractivity contribution in [1.29, 1.82) is 0 Å². The molecule has 8 atom stereocenters. The van der Waals surface area contributed by atoms with Crippen molar-refractivity contribution in [3.8, 4) is 11.9 Å². The smallest absolute Gasteiger partial charge is 0.323 e. The Morgan fingerprint density at radius 3 is 1.21 bits per heavy atom. The van der Waals surface area contributed by atoms with E-state index in [9.17, 15) is 45.0 Å². The molecule has 440 valence electrons. The molecule has 2 aliphatic rings. The number of hydrogen-bond acceptors (Lipinski definition) is 19. The maximum Gasteiger partial charge on any atom is 0.323 e. The molecular formula is C59H60N18O9. The molecule has 2 aliphatic carbocycles. The molecule has 27 heteroatoms. The maximum atomic E-state index is 13.8. The highest BCUT2D eigenvalue weighted by Crippen LogP contribution is 2.37. The van der Waals surface area contributed by atoms with Gasteiger partial charge in [0.2, 0.25) is 11.8 Å². The molecule has 0 aliphatic heterocycles. The average molecular weight is 1170 g/mol. The summed E-state index contributed by atoms with van der Waals surface area (Å²) in [6, 6.07) is 35.9. The Bertz CT molecular complexity index is 3660. The third kappa shape index (κ3) is 11.6.